The second kappa shape index (κ2) is 9.77. The van der Waals surface area contributed by atoms with Crippen LogP contribution in [0.1, 0.15) is 34.1 Å². The predicted molar refractivity (Wildman–Crippen MR) is 111 cm³/mol. The van der Waals surface area contributed by atoms with Gasteiger partial charge >= 0.3 is 43.8 Å². The lowest BCUT2D eigenvalue weighted by atomic mass is 10.6. The second-order valence-electron chi connectivity index (χ2n) is 7.14. The van der Waals surface area contributed by atoms with E-state index in [1.54, 1.807) is 20.0 Å². The Balaban J connectivity index is 3.34. The quantitative estimate of drug-likeness (QED) is 0.421. The van der Waals surface area contributed by atoms with Gasteiger partial charge in [0.1, 0.15) is 0 Å². The summed E-state index contributed by atoms with van der Waals surface area (Å²) in [5, 5.41) is 0. The molecule has 1 heterocycles. The van der Waals surface area contributed by atoms with Crippen molar-refractivity contribution in [2.75, 3.05) is 0 Å². The minimum atomic E-state index is -5.80. The second-order valence-corrected chi connectivity index (χ2v) is 24.6. The Bertz CT molecular complexity index is 485. The SMILES string of the molecule is CCC[Si]1(CC)O[Si](F)(F)O[Si](C)(F)O[Si](C)(C)O[SiH2]O[Si](CC)(CC)O1. The first-order valence-electron chi connectivity index (χ1n) is 9.43. The molecule has 1 rings (SSSR count). The van der Waals surface area contributed by atoms with Crippen molar-refractivity contribution in [2.24, 2.45) is 0 Å². The highest BCUT2D eigenvalue weighted by Gasteiger charge is 2.61. The van der Waals surface area contributed by atoms with E-state index in [1.807, 2.05) is 20.8 Å². The van der Waals surface area contributed by atoms with Crippen LogP contribution in [0.3, 0.4) is 0 Å². The minimum Gasteiger partial charge on any atom is -0.420 e. The van der Waals surface area contributed by atoms with Crippen molar-refractivity contribution in [3.8, 4) is 0 Å². The van der Waals surface area contributed by atoms with Crippen molar-refractivity contribution in [3.63, 3.8) is 0 Å². The Hall–Kier alpha value is 0.851. The molecule has 0 amide bonds. The lowest BCUT2D eigenvalue weighted by molar-refractivity contribution is 0.154. The minimum absolute atomic E-state index is 0.318. The lowest BCUT2D eigenvalue weighted by Crippen LogP contribution is -2.62. The number of rotatable bonds is 5. The fourth-order valence-corrected chi connectivity index (χ4v) is 25.0. The van der Waals surface area contributed by atoms with Crippen LogP contribution in [0.15, 0.2) is 0 Å². The van der Waals surface area contributed by atoms with Crippen molar-refractivity contribution in [1.82, 2.24) is 0 Å². The van der Waals surface area contributed by atoms with Gasteiger partial charge in [-0.25, -0.2) is 12.3 Å². The third-order valence-electron chi connectivity index (χ3n) is 4.38. The van der Waals surface area contributed by atoms with E-state index in [2.05, 4.69) is 4.12 Å². The number of halogens is 3. The first-order chi connectivity index (χ1) is 12.3. The van der Waals surface area contributed by atoms with Crippen molar-refractivity contribution < 1.29 is 37.0 Å². The summed E-state index contributed by atoms with van der Waals surface area (Å²) in [5.41, 5.74) is 0. The average Bonchev–Trinajstić information content (AvgIpc) is 2.50. The molecule has 0 N–H and O–H groups in total. The molecular formula is C12H33F3O6Si6. The smallest absolute Gasteiger partial charge is 0.420 e. The molecule has 6 nitrogen and oxygen atoms in total. The molecule has 0 radical (unpaired) electrons. The van der Waals surface area contributed by atoms with Gasteiger partial charge in [-0.05, 0) is 37.3 Å². The van der Waals surface area contributed by atoms with Gasteiger partial charge in [0.25, 0.3) is 10.0 Å². The van der Waals surface area contributed by atoms with Gasteiger partial charge in [-0.3, -0.25) is 0 Å². The van der Waals surface area contributed by atoms with Gasteiger partial charge in [-0.1, -0.05) is 34.1 Å². The van der Waals surface area contributed by atoms with Crippen LogP contribution >= 0.6 is 0 Å². The van der Waals surface area contributed by atoms with Crippen LogP contribution < -0.4 is 0 Å². The van der Waals surface area contributed by atoms with E-state index < -0.39 is 53.8 Å². The molecule has 1 saturated heterocycles. The molecule has 27 heavy (non-hydrogen) atoms. The van der Waals surface area contributed by atoms with E-state index >= 15 is 0 Å². The molecule has 0 aliphatic carbocycles. The third-order valence-corrected chi connectivity index (χ3v) is 26.0. The van der Waals surface area contributed by atoms with Gasteiger partial charge in [0.2, 0.25) is 0 Å². The van der Waals surface area contributed by atoms with Gasteiger partial charge < -0.3 is 24.7 Å². The largest absolute Gasteiger partial charge is 0.744 e. The standard InChI is InChI=1S/C12H33F3O6Si6/c1-8-12-26(11-4)20-25(9-2,10-3)17-22-16-23(5,6)18-24(7,13)19-27(14,15)21-26/h8-12,22H2,1-7H3. The average molecular weight is 499 g/mol. The van der Waals surface area contributed by atoms with Crippen molar-refractivity contribution in [2.45, 2.75) is 77.9 Å². The van der Waals surface area contributed by atoms with Crippen LogP contribution in [0.4, 0.5) is 12.3 Å². The highest BCUT2D eigenvalue weighted by atomic mass is 28.6. The molecule has 1 aliphatic heterocycles. The van der Waals surface area contributed by atoms with Gasteiger partial charge in [0.15, 0.2) is 0 Å². The summed E-state index contributed by atoms with van der Waals surface area (Å²) in [6.45, 7) is 11.7. The van der Waals surface area contributed by atoms with E-state index in [0.29, 0.717) is 30.6 Å². The summed E-state index contributed by atoms with van der Waals surface area (Å²) in [7, 11) is -21.1. The van der Waals surface area contributed by atoms with E-state index in [9.17, 15) is 12.3 Å². The van der Waals surface area contributed by atoms with E-state index in [1.165, 1.54) is 0 Å². The molecule has 2 atom stereocenters. The maximum Gasteiger partial charge on any atom is 0.744 e. The summed E-state index contributed by atoms with van der Waals surface area (Å²) in [5.74, 6) is 0. The van der Waals surface area contributed by atoms with Gasteiger partial charge in [-0.15, -0.1) is 0 Å². The molecule has 1 aliphatic rings. The van der Waals surface area contributed by atoms with Crippen LogP contribution in [0.25, 0.3) is 0 Å². The lowest BCUT2D eigenvalue weighted by Gasteiger charge is -2.42. The molecule has 2 unspecified atom stereocenters. The number of hydrogen-bond donors (Lipinski definition) is 0. The maximum atomic E-state index is 14.8. The van der Waals surface area contributed by atoms with Crippen LogP contribution in [0.5, 0.6) is 0 Å². The molecule has 162 valence electrons. The van der Waals surface area contributed by atoms with E-state index in [-0.39, 0.29) is 0 Å². The molecule has 0 aromatic heterocycles. The zero-order valence-corrected chi connectivity index (χ0v) is 23.7. The van der Waals surface area contributed by atoms with Crippen LogP contribution in [0, 0.1) is 0 Å². The molecule has 0 spiro atoms. The Morgan fingerprint density at radius 2 is 1.26 bits per heavy atom. The molecule has 15 heteroatoms. The molecule has 1 fully saturated rings. The Morgan fingerprint density at radius 1 is 0.704 bits per heavy atom. The summed E-state index contributed by atoms with van der Waals surface area (Å²) in [6, 6.07) is 1.91. The Kier molecular flexibility index (Phi) is 9.37. The Morgan fingerprint density at radius 3 is 1.74 bits per heavy atom. The predicted octanol–water partition coefficient (Wildman–Crippen LogP) is 4.07. The summed E-state index contributed by atoms with van der Waals surface area (Å²) in [6.07, 6.45) is 0.622. The highest BCUT2D eigenvalue weighted by molar-refractivity contribution is 6.88. The topological polar surface area (TPSA) is 55.4 Å². The summed E-state index contributed by atoms with van der Waals surface area (Å²) in [4.78, 5) is 0. The number of hydrogen-bond acceptors (Lipinski definition) is 6. The van der Waals surface area contributed by atoms with E-state index in [0.717, 1.165) is 6.55 Å². The van der Waals surface area contributed by atoms with Gasteiger partial charge in [0, 0.05) is 6.55 Å². The zero-order chi connectivity index (χ0) is 21.0. The Labute approximate surface area is 168 Å². The fourth-order valence-electron chi connectivity index (χ4n) is 3.01. The summed E-state index contributed by atoms with van der Waals surface area (Å²) >= 11 is 0. The van der Waals surface area contributed by atoms with Crippen LogP contribution in [0.2, 0.25) is 43.8 Å². The van der Waals surface area contributed by atoms with E-state index in [4.69, 9.17) is 20.6 Å². The van der Waals surface area contributed by atoms with Crippen LogP contribution in [-0.4, -0.2) is 53.8 Å². The highest BCUT2D eigenvalue weighted by Crippen LogP contribution is 2.35. The molecule has 0 saturated carbocycles. The normalized spacial score (nSPS) is 35.3. The monoisotopic (exact) mass is 498 g/mol. The van der Waals surface area contributed by atoms with Crippen molar-refractivity contribution in [1.29, 1.82) is 0 Å². The van der Waals surface area contributed by atoms with Crippen LogP contribution in [-0.2, 0) is 24.7 Å². The van der Waals surface area contributed by atoms with Gasteiger partial charge in [-0.2, -0.15) is 0 Å². The molecule has 0 aromatic carbocycles. The van der Waals surface area contributed by atoms with Gasteiger partial charge in [0.05, 0.1) is 0 Å². The van der Waals surface area contributed by atoms with Crippen molar-refractivity contribution >= 4 is 53.8 Å². The van der Waals surface area contributed by atoms with Crippen molar-refractivity contribution in [3.05, 3.63) is 0 Å². The first-order valence-corrected chi connectivity index (χ1v) is 21.6. The molecule has 0 bridgehead atoms. The summed E-state index contributed by atoms with van der Waals surface area (Å²) < 4.78 is 77.7. The molecular weight excluding hydrogens is 466 g/mol. The zero-order valence-electron chi connectivity index (χ0n) is 17.3. The fraction of sp³-hybridized carbons (Fsp3) is 1.00. The maximum absolute atomic E-state index is 14.8. The molecule has 0 aromatic rings. The third kappa shape index (κ3) is 7.89. The first kappa shape index (κ1) is 25.9.